The van der Waals surface area contributed by atoms with Crippen molar-refractivity contribution in [3.63, 3.8) is 0 Å². The first-order valence-electron chi connectivity index (χ1n) is 29.4. The van der Waals surface area contributed by atoms with E-state index in [1.807, 2.05) is 106 Å². The highest BCUT2D eigenvalue weighted by Crippen LogP contribution is 2.63. The van der Waals surface area contributed by atoms with E-state index in [-0.39, 0.29) is 34.2 Å². The van der Waals surface area contributed by atoms with Crippen molar-refractivity contribution in [2.24, 2.45) is 34.5 Å². The largest absolute Gasteiger partial charge is 0.494 e. The number of nitrogens with zero attached hydrogens (tertiary/aromatic N) is 8. The fourth-order valence-electron chi connectivity index (χ4n) is 13.5. The Labute approximate surface area is 508 Å². The molecular formula is C66H72BBrN8O10. The lowest BCUT2D eigenvalue weighted by molar-refractivity contribution is -0.158. The second-order valence-electron chi connectivity index (χ2n) is 25.4. The lowest BCUT2D eigenvalue weighted by atomic mass is 9.47. The molecule has 0 radical (unpaired) electrons. The van der Waals surface area contributed by atoms with E-state index >= 15 is 0 Å². The molecule has 2 spiro atoms. The van der Waals surface area contributed by atoms with Gasteiger partial charge in [0, 0.05) is 65.1 Å². The zero-order valence-electron chi connectivity index (χ0n) is 49.9. The molecular weight excluding hydrogens is 1160 g/mol. The molecule has 4 aliphatic carbocycles. The van der Waals surface area contributed by atoms with Crippen LogP contribution in [0, 0.1) is 48.3 Å². The van der Waals surface area contributed by atoms with Crippen LogP contribution in [0.5, 0.6) is 11.8 Å². The fourth-order valence-corrected chi connectivity index (χ4v) is 13.9. The highest BCUT2D eigenvalue weighted by molar-refractivity contribution is 9.10. The average Bonchev–Trinajstić information content (AvgIpc) is 1.26. The molecule has 1 aliphatic heterocycles. The number of aromatic nitrogens is 8. The van der Waals surface area contributed by atoms with E-state index in [4.69, 9.17) is 18.8 Å². The second kappa shape index (κ2) is 23.9. The Balaban J connectivity index is 0.000000156. The van der Waals surface area contributed by atoms with E-state index < -0.39 is 30.3 Å². The van der Waals surface area contributed by atoms with Crippen LogP contribution in [-0.4, -0.2) is 106 Å². The molecule has 2 aromatic carbocycles. The Morgan fingerprint density at radius 2 is 1.02 bits per heavy atom. The van der Waals surface area contributed by atoms with E-state index in [1.165, 1.54) is 0 Å². The number of methoxy groups -OCH3 is 2. The number of carbonyl (C=O) groups excluding carboxylic acids is 2. The molecule has 0 amide bonds. The van der Waals surface area contributed by atoms with Crippen molar-refractivity contribution in [2.75, 3.05) is 14.2 Å². The van der Waals surface area contributed by atoms with Gasteiger partial charge in [0.15, 0.2) is 11.6 Å². The molecule has 6 aromatic heterocycles. The van der Waals surface area contributed by atoms with Crippen molar-refractivity contribution >= 4 is 73.8 Å². The first-order valence-corrected chi connectivity index (χ1v) is 30.2. The molecule has 0 bridgehead atoms. The van der Waals surface area contributed by atoms with Gasteiger partial charge in [0.2, 0.25) is 11.8 Å². The number of ketones is 2. The molecule has 7 heterocycles. The smallest absolute Gasteiger partial charge is 0.481 e. The Morgan fingerprint density at radius 3 is 1.44 bits per heavy atom. The van der Waals surface area contributed by atoms with Gasteiger partial charge >= 0.3 is 19.1 Å². The van der Waals surface area contributed by atoms with Crippen LogP contribution in [0.15, 0.2) is 114 Å². The summed E-state index contributed by atoms with van der Waals surface area (Å²) in [7, 11) is 2.79. The van der Waals surface area contributed by atoms with Crippen LogP contribution in [0.4, 0.5) is 0 Å². The molecule has 5 fully saturated rings. The normalized spacial score (nSPS) is 23.0. The summed E-state index contributed by atoms with van der Waals surface area (Å²) >= 11 is 3.21. The van der Waals surface area contributed by atoms with Crippen LogP contribution in [0.2, 0.25) is 0 Å². The van der Waals surface area contributed by atoms with Gasteiger partial charge in [-0.1, -0.05) is 60.7 Å². The third kappa shape index (κ3) is 12.3. The Bertz CT molecular complexity index is 3840. The third-order valence-electron chi connectivity index (χ3n) is 18.8. The highest BCUT2D eigenvalue weighted by atomic mass is 79.9. The monoisotopic (exact) mass is 1230 g/mol. The van der Waals surface area contributed by atoms with E-state index in [0.717, 1.165) is 117 Å². The summed E-state index contributed by atoms with van der Waals surface area (Å²) in [6, 6.07) is 27.5. The zero-order chi connectivity index (χ0) is 60.9. The number of benzene rings is 2. The van der Waals surface area contributed by atoms with Crippen LogP contribution in [-0.2, 0) is 32.0 Å². The van der Waals surface area contributed by atoms with Gasteiger partial charge in [-0.05, 0) is 160 Å². The topological polar surface area (TPSA) is 233 Å². The van der Waals surface area contributed by atoms with Crippen molar-refractivity contribution < 1.29 is 48.2 Å². The predicted molar refractivity (Wildman–Crippen MR) is 329 cm³/mol. The second-order valence-corrected chi connectivity index (χ2v) is 26.2. The number of pyridine rings is 4. The summed E-state index contributed by atoms with van der Waals surface area (Å²) in [6.45, 7) is 13.1. The van der Waals surface area contributed by atoms with Gasteiger partial charge in [0.1, 0.15) is 4.60 Å². The van der Waals surface area contributed by atoms with Gasteiger partial charge in [-0.3, -0.25) is 38.5 Å². The number of aryl methyl sites for hydroxylation is 2. The molecule has 18 nitrogen and oxygen atoms in total. The van der Waals surface area contributed by atoms with Crippen molar-refractivity contribution in [3.05, 3.63) is 148 Å². The molecule has 5 aliphatic rings. The maximum atomic E-state index is 13.5. The molecule has 8 aromatic rings. The van der Waals surface area contributed by atoms with Crippen LogP contribution >= 0.6 is 15.9 Å². The Hall–Kier alpha value is -7.68. The summed E-state index contributed by atoms with van der Waals surface area (Å²) in [6.07, 6.45) is 14.7. The van der Waals surface area contributed by atoms with Gasteiger partial charge in [0.05, 0.1) is 90.6 Å². The maximum Gasteiger partial charge on any atom is 0.494 e. The van der Waals surface area contributed by atoms with E-state index in [1.54, 1.807) is 45.1 Å². The highest BCUT2D eigenvalue weighted by Gasteiger charge is 2.56. The minimum absolute atomic E-state index is 0.0812. The summed E-state index contributed by atoms with van der Waals surface area (Å²) in [5, 5.41) is 29.4. The quantitative estimate of drug-likeness (QED) is 0.0520. The van der Waals surface area contributed by atoms with Gasteiger partial charge in [-0.2, -0.15) is 10.2 Å². The maximum absolute atomic E-state index is 13.5. The molecule has 0 atom stereocenters. The first kappa shape index (κ1) is 60.0. The number of hydrogen-bond donors (Lipinski definition) is 2. The lowest BCUT2D eigenvalue weighted by Crippen LogP contribution is -2.50. The minimum Gasteiger partial charge on any atom is -0.481 e. The minimum atomic E-state index is -0.692. The van der Waals surface area contributed by atoms with E-state index in [9.17, 15) is 29.4 Å². The predicted octanol–water partition coefficient (Wildman–Crippen LogP) is 11.7. The summed E-state index contributed by atoms with van der Waals surface area (Å²) in [5.74, 6) is 0.189. The lowest BCUT2D eigenvalue weighted by Gasteiger charge is -2.56. The molecule has 446 valence electrons. The number of halogens is 1. The van der Waals surface area contributed by atoms with Crippen LogP contribution in [0.1, 0.15) is 135 Å². The average molecular weight is 1230 g/mol. The molecule has 4 saturated carbocycles. The molecule has 0 unspecified atom stereocenters. The molecule has 2 N–H and O–H groups in total. The molecule has 20 heteroatoms. The zero-order valence-corrected chi connectivity index (χ0v) is 51.5. The number of rotatable bonds is 16. The van der Waals surface area contributed by atoms with Gasteiger partial charge < -0.3 is 29.0 Å². The summed E-state index contributed by atoms with van der Waals surface area (Å²) in [4.78, 5) is 66.7. The van der Waals surface area contributed by atoms with Crippen molar-refractivity contribution in [2.45, 2.75) is 130 Å². The Morgan fingerprint density at radius 1 is 0.593 bits per heavy atom. The number of Topliss-reactive ketones (excluding diaryl/α,β-unsaturated/α-hetero) is 2. The number of carbonyl (C=O) groups is 4. The summed E-state index contributed by atoms with van der Waals surface area (Å²) < 4.78 is 27.0. The number of fused-ring (bicyclic) bond motifs is 2. The van der Waals surface area contributed by atoms with Crippen molar-refractivity contribution in [1.82, 2.24) is 39.5 Å². The van der Waals surface area contributed by atoms with Gasteiger partial charge in [-0.25, -0.2) is 9.97 Å². The van der Waals surface area contributed by atoms with Gasteiger partial charge in [-0.15, -0.1) is 0 Å². The standard InChI is InChI=1S/C30H36BN3O5.C30H30N4O4.C6H6BrNO/c1-18-23-16-33-34(17-19-6-8-22(9-7-19)31-38-28(2,3)29(4,5)39-31)26(23)24(15-32-18)25(35)10-20-11-30(12-20)13-21(14-30)27(36)37;1-18-23-16-32-34(17-19-6-8-21(9-7-19)25-4-3-5-27(33-25)38-2)28(23)24(15-31-18)26(35)10-20-11-30(12-20)13-22(14-30)29(36)37;1-9-6-4-2-3-5(7)8-6/h6-9,15-16,20-21H,10-14,17H2,1-5H3,(H,36,37);3-9,15-16,20,22H,10-14,17H2,1-2H3,(H,36,37);2-4H,1H3. The fraction of sp³-hybridized carbons (Fsp3) is 0.424. The van der Waals surface area contributed by atoms with E-state index in [0.29, 0.717) is 60.7 Å². The Kier molecular flexibility index (Phi) is 16.7. The van der Waals surface area contributed by atoms with Crippen molar-refractivity contribution in [1.29, 1.82) is 0 Å². The van der Waals surface area contributed by atoms with Gasteiger partial charge in [0.25, 0.3) is 0 Å². The van der Waals surface area contributed by atoms with Crippen LogP contribution < -0.4 is 14.9 Å². The first-order chi connectivity index (χ1) is 41.0. The number of carboxylic acids is 2. The van der Waals surface area contributed by atoms with Crippen molar-refractivity contribution in [3.8, 4) is 23.0 Å². The molecule has 86 heavy (non-hydrogen) atoms. The number of aliphatic carboxylic acids is 2. The molecule has 1 saturated heterocycles. The van der Waals surface area contributed by atoms with Crippen LogP contribution in [0.25, 0.3) is 33.1 Å². The van der Waals surface area contributed by atoms with Crippen LogP contribution in [0.3, 0.4) is 0 Å². The summed E-state index contributed by atoms with van der Waals surface area (Å²) in [5.41, 5.74) is 9.02. The number of hydrogen-bond acceptors (Lipinski definition) is 14. The number of ether oxygens (including phenoxy) is 2. The van der Waals surface area contributed by atoms with E-state index in [2.05, 4.69) is 70.3 Å². The number of carboxylic acid groups (broad SMARTS) is 2. The molecule has 13 rings (SSSR count). The SMILES string of the molecule is COc1cccc(-c2ccc(Cn3ncc4c(C)ncc(C(=O)CC5CC6(C5)CC(C(=O)O)C6)c43)cc2)n1.COc1cccc(Br)n1.Cc1ncc(C(=O)CC2CC3(C2)CC(C(=O)O)C3)c2c1cnn2Cc1ccc(B2OC(C)(C)C(C)(C)O2)cc1. The third-order valence-corrected chi connectivity index (χ3v) is 19.3.